The second-order valence-corrected chi connectivity index (χ2v) is 2.28. The van der Waals surface area contributed by atoms with Gasteiger partial charge in [0.05, 0.1) is 0 Å². The minimum Gasteiger partial charge on any atom is -0.359 e. The van der Waals surface area contributed by atoms with Gasteiger partial charge in [-0.05, 0) is 0 Å². The van der Waals surface area contributed by atoms with Gasteiger partial charge in [0.1, 0.15) is 10.1 Å². The molecule has 0 unspecified atom stereocenters. The van der Waals surface area contributed by atoms with Crippen molar-refractivity contribution >= 4 is 10.1 Å². The number of nitrogens with two attached hydrogens (primary N) is 1. The van der Waals surface area contributed by atoms with Crippen LogP contribution in [0, 0.1) is 5.75 Å². The van der Waals surface area contributed by atoms with E-state index in [1.54, 1.807) is 0 Å². The number of hydrogen-bond donors (Lipinski definition) is 2. The maximum absolute atomic E-state index is 9.65. The van der Waals surface area contributed by atoms with Crippen molar-refractivity contribution < 1.29 is 32.4 Å². The van der Waals surface area contributed by atoms with Gasteiger partial charge in [0, 0.05) is 19.5 Å². The van der Waals surface area contributed by atoms with Gasteiger partial charge >= 0.3 is 0 Å². The maximum atomic E-state index is 9.65. The van der Waals surface area contributed by atoms with Crippen LogP contribution in [0.5, 0.6) is 0 Å². The predicted molar refractivity (Wildman–Crippen MR) is 24.9 cm³/mol. The molecule has 0 atom stereocenters. The fourth-order valence-electron chi connectivity index (χ4n) is 0.122. The molecule has 0 aliphatic rings. The van der Waals surface area contributed by atoms with Crippen LogP contribution in [0.3, 0.4) is 0 Å². The van der Waals surface area contributed by atoms with Crippen molar-refractivity contribution in [1.29, 1.82) is 0 Å². The van der Waals surface area contributed by atoms with Crippen LogP contribution in [0.4, 0.5) is 0 Å². The van der Waals surface area contributed by atoms with Crippen molar-refractivity contribution in [3.63, 3.8) is 0 Å². The summed E-state index contributed by atoms with van der Waals surface area (Å²) in [5.41, 5.74) is 4.72. The summed E-state index contributed by atoms with van der Waals surface area (Å²) in [6.45, 7) is -0.154. The molecule has 0 saturated heterocycles. The Bertz CT molecular complexity index is 130. The van der Waals surface area contributed by atoms with E-state index in [-0.39, 0.29) is 26.0 Å². The number of rotatable bonds is 2. The minimum absolute atomic E-state index is 0. The molecule has 0 radical (unpaired) electrons. The van der Waals surface area contributed by atoms with Crippen molar-refractivity contribution in [1.82, 2.24) is 0 Å². The van der Waals surface area contributed by atoms with E-state index in [0.29, 0.717) is 5.75 Å². The van der Waals surface area contributed by atoms with Crippen molar-refractivity contribution in [3.05, 3.63) is 5.75 Å². The summed E-state index contributed by atoms with van der Waals surface area (Å²) in [5, 5.41) is 0. The van der Waals surface area contributed by atoms with Crippen LogP contribution < -0.4 is 5.73 Å². The van der Waals surface area contributed by atoms with Crippen LogP contribution in [0.2, 0.25) is 0 Å². The first kappa shape index (κ1) is 11.3. The Hall–Kier alpha value is 0.493. The first-order chi connectivity index (χ1) is 3.06. The second-order valence-electron chi connectivity index (χ2n) is 0.917. The third-order valence-electron chi connectivity index (χ3n) is 0.307. The minimum atomic E-state index is -3.92. The van der Waals surface area contributed by atoms with Crippen LogP contribution in [0.15, 0.2) is 0 Å². The van der Waals surface area contributed by atoms with Gasteiger partial charge in [0.15, 0.2) is 0 Å². The van der Waals surface area contributed by atoms with Gasteiger partial charge in [0.25, 0.3) is 0 Å². The van der Waals surface area contributed by atoms with Crippen LogP contribution in [0.1, 0.15) is 0 Å². The zero-order chi connectivity index (χ0) is 5.91. The van der Waals surface area contributed by atoms with Gasteiger partial charge in [-0.1, -0.05) is 0 Å². The second kappa shape index (κ2) is 4.38. The first-order valence-electron chi connectivity index (χ1n) is 1.57. The first-order valence-corrected chi connectivity index (χ1v) is 3.07. The van der Waals surface area contributed by atoms with Crippen LogP contribution >= 0.6 is 0 Å². The average Bonchev–Trinajstić information content (AvgIpc) is 1.30. The molecule has 6 heteroatoms. The van der Waals surface area contributed by atoms with E-state index in [9.17, 15) is 8.42 Å². The summed E-state index contributed by atoms with van der Waals surface area (Å²) >= 11 is 0. The van der Waals surface area contributed by atoms with Gasteiger partial charge in [-0.3, -0.25) is 0 Å². The molecule has 0 rings (SSSR count). The molecule has 0 fully saturated rings. The zero-order valence-corrected chi connectivity index (χ0v) is 8.02. The molecule has 4 nitrogen and oxygen atoms in total. The molecular formula is C2H6NO3SZn-. The Morgan fingerprint density at radius 2 is 2.00 bits per heavy atom. The molecule has 0 spiro atoms. The molecular weight excluding hydrogens is 183 g/mol. The normalized spacial score (nSPS) is 10.2. The molecule has 0 aromatic carbocycles. The molecule has 46 valence electrons. The van der Waals surface area contributed by atoms with E-state index in [1.165, 1.54) is 0 Å². The smallest absolute Gasteiger partial charge is 0.134 e. The molecule has 0 aromatic heterocycles. The van der Waals surface area contributed by atoms with E-state index < -0.39 is 10.1 Å². The zero-order valence-electron chi connectivity index (χ0n) is 4.24. The van der Waals surface area contributed by atoms with Crippen molar-refractivity contribution in [2.45, 2.75) is 0 Å². The Morgan fingerprint density at radius 1 is 1.62 bits per heavy atom. The monoisotopic (exact) mass is 188 g/mol. The topological polar surface area (TPSA) is 80.4 Å². The Morgan fingerprint density at radius 3 is 2.00 bits per heavy atom. The maximum Gasteiger partial charge on any atom is 0.134 e. The van der Waals surface area contributed by atoms with Crippen LogP contribution in [0.25, 0.3) is 0 Å². The molecule has 0 aliphatic carbocycles. The fourth-order valence-corrected chi connectivity index (χ4v) is 0.365. The van der Waals surface area contributed by atoms with E-state index in [4.69, 9.17) is 10.3 Å². The molecule has 0 aromatic rings. The molecule has 3 N–H and O–H groups in total. The van der Waals surface area contributed by atoms with Gasteiger partial charge in [0.2, 0.25) is 0 Å². The Balaban J connectivity index is 0. The van der Waals surface area contributed by atoms with E-state index in [1.807, 2.05) is 0 Å². The molecule has 0 amide bonds. The SMILES string of the molecule is NC[CH-]S(=O)(=O)O.[Zn]. The van der Waals surface area contributed by atoms with Crippen LogP contribution in [-0.4, -0.2) is 19.5 Å². The van der Waals surface area contributed by atoms with Gasteiger partial charge in [-0.25, -0.2) is 8.42 Å². The molecule has 0 bridgehead atoms. The van der Waals surface area contributed by atoms with Gasteiger partial charge < -0.3 is 10.3 Å². The van der Waals surface area contributed by atoms with Crippen molar-refractivity contribution in [2.75, 3.05) is 6.54 Å². The molecule has 0 saturated carbocycles. The largest absolute Gasteiger partial charge is 0.359 e. The summed E-state index contributed by atoms with van der Waals surface area (Å²) in [6.07, 6.45) is 0. The third-order valence-corrected chi connectivity index (χ3v) is 0.921. The summed E-state index contributed by atoms with van der Waals surface area (Å²) in [5.74, 6) is 0.618. The van der Waals surface area contributed by atoms with E-state index >= 15 is 0 Å². The third kappa shape index (κ3) is 9.71. The molecule has 0 heterocycles. The van der Waals surface area contributed by atoms with Crippen LogP contribution in [-0.2, 0) is 29.6 Å². The van der Waals surface area contributed by atoms with Gasteiger partial charge in [-0.15, -0.1) is 6.54 Å². The Kier molecular flexibility index (Phi) is 6.19. The molecule has 8 heavy (non-hydrogen) atoms. The summed E-state index contributed by atoms with van der Waals surface area (Å²) in [4.78, 5) is 0. The van der Waals surface area contributed by atoms with Crippen molar-refractivity contribution in [3.8, 4) is 0 Å². The Labute approximate surface area is 61.0 Å². The van der Waals surface area contributed by atoms with Gasteiger partial charge in [-0.2, -0.15) is 5.75 Å². The molecule has 0 aliphatic heterocycles. The summed E-state index contributed by atoms with van der Waals surface area (Å²) < 4.78 is 27.2. The quantitative estimate of drug-likeness (QED) is 0.331. The summed E-state index contributed by atoms with van der Waals surface area (Å²) in [6, 6.07) is 0. The number of hydrogen-bond acceptors (Lipinski definition) is 3. The standard InChI is InChI=1S/C2H6NO3S.Zn/c3-1-2-7(4,5)6;/h2H,1,3H2,(H,4,5,6);/q-1;. The van der Waals surface area contributed by atoms with E-state index in [2.05, 4.69) is 0 Å². The van der Waals surface area contributed by atoms with Crippen molar-refractivity contribution in [2.24, 2.45) is 5.73 Å². The fraction of sp³-hybridized carbons (Fsp3) is 0.500. The summed E-state index contributed by atoms with van der Waals surface area (Å²) in [7, 11) is -3.92. The predicted octanol–water partition coefficient (Wildman–Crippen LogP) is -1.01. The van der Waals surface area contributed by atoms with E-state index in [0.717, 1.165) is 0 Å². The average molecular weight is 190 g/mol.